The molecule has 0 saturated carbocycles. The Morgan fingerprint density at radius 3 is 2.71 bits per heavy atom. The molecular weight excluding hydrogens is 298 g/mol. The summed E-state index contributed by atoms with van der Waals surface area (Å²) in [5.41, 5.74) is 4.50. The van der Waals surface area contributed by atoms with Gasteiger partial charge in [-0.05, 0) is 36.6 Å². The van der Waals surface area contributed by atoms with Gasteiger partial charge < -0.3 is 0 Å². The van der Waals surface area contributed by atoms with Crippen LogP contribution in [-0.2, 0) is 0 Å². The minimum Gasteiger partial charge on any atom is -0.237 e. The van der Waals surface area contributed by atoms with E-state index in [1.165, 1.54) is 16.5 Å². The molecule has 4 aromatic rings. The van der Waals surface area contributed by atoms with Gasteiger partial charge >= 0.3 is 0 Å². The Morgan fingerprint density at radius 2 is 1.86 bits per heavy atom. The lowest BCUT2D eigenvalue weighted by Gasteiger charge is -2.11. The normalized spacial score (nSPS) is 11.3. The predicted molar refractivity (Wildman–Crippen MR) is 92.3 cm³/mol. The van der Waals surface area contributed by atoms with Gasteiger partial charge in [0.1, 0.15) is 4.83 Å². The van der Waals surface area contributed by atoms with E-state index in [0.717, 1.165) is 26.3 Å². The highest BCUT2D eigenvalue weighted by atomic mass is 35.5. The average Bonchev–Trinajstić information content (AvgIpc) is 2.94. The lowest BCUT2D eigenvalue weighted by molar-refractivity contribution is 1.47. The number of benzene rings is 2. The van der Waals surface area contributed by atoms with Crippen LogP contribution in [0.5, 0.6) is 0 Å². The predicted octanol–water partition coefficient (Wildman–Crippen LogP) is 6.08. The lowest BCUT2D eigenvalue weighted by atomic mass is 9.97. The fourth-order valence-corrected chi connectivity index (χ4v) is 3.75. The van der Waals surface area contributed by atoms with Gasteiger partial charge in [-0.3, -0.25) is 0 Å². The van der Waals surface area contributed by atoms with Crippen molar-refractivity contribution in [3.8, 4) is 11.1 Å². The number of thiophene rings is 1. The van der Waals surface area contributed by atoms with E-state index in [2.05, 4.69) is 42.6 Å². The van der Waals surface area contributed by atoms with Crippen LogP contribution in [0.4, 0.5) is 0 Å². The zero-order valence-electron chi connectivity index (χ0n) is 11.4. The molecule has 2 aromatic carbocycles. The second kappa shape index (κ2) is 4.83. The second-order valence-electron chi connectivity index (χ2n) is 5.13. The molecule has 0 aliphatic rings. The fourth-order valence-electron chi connectivity index (χ4n) is 2.73. The molecule has 0 bridgehead atoms. The van der Waals surface area contributed by atoms with E-state index < -0.39 is 0 Å². The van der Waals surface area contributed by atoms with Crippen LogP contribution in [0.15, 0.2) is 53.9 Å². The van der Waals surface area contributed by atoms with E-state index in [0.29, 0.717) is 0 Å². The van der Waals surface area contributed by atoms with E-state index in [-0.39, 0.29) is 0 Å². The maximum atomic E-state index is 6.45. The molecule has 0 radical (unpaired) electrons. The van der Waals surface area contributed by atoms with Gasteiger partial charge in [0, 0.05) is 26.9 Å². The van der Waals surface area contributed by atoms with Crippen LogP contribution >= 0.6 is 22.9 Å². The van der Waals surface area contributed by atoms with Crippen molar-refractivity contribution in [3.63, 3.8) is 0 Å². The topological polar surface area (TPSA) is 12.9 Å². The third-order valence-corrected chi connectivity index (χ3v) is 4.84. The Morgan fingerprint density at radius 1 is 1.00 bits per heavy atom. The van der Waals surface area contributed by atoms with Crippen LogP contribution in [0.2, 0.25) is 5.02 Å². The Bertz CT molecular complexity index is 971. The van der Waals surface area contributed by atoms with Gasteiger partial charge in [-0.25, -0.2) is 4.98 Å². The van der Waals surface area contributed by atoms with Gasteiger partial charge in [0.25, 0.3) is 0 Å². The first-order valence-corrected chi connectivity index (χ1v) is 8.02. The summed E-state index contributed by atoms with van der Waals surface area (Å²) in [6, 6.07) is 16.5. The van der Waals surface area contributed by atoms with Crippen molar-refractivity contribution in [1.29, 1.82) is 0 Å². The summed E-state index contributed by atoms with van der Waals surface area (Å²) in [7, 11) is 0. The van der Waals surface area contributed by atoms with Crippen molar-refractivity contribution >= 4 is 44.1 Å². The highest BCUT2D eigenvalue weighted by Gasteiger charge is 2.14. The molecule has 0 saturated heterocycles. The number of aryl methyl sites for hydroxylation is 1. The summed E-state index contributed by atoms with van der Waals surface area (Å²) < 4.78 is 0. The van der Waals surface area contributed by atoms with Gasteiger partial charge in [-0.1, -0.05) is 41.4 Å². The third-order valence-electron chi connectivity index (χ3n) is 3.70. The summed E-state index contributed by atoms with van der Waals surface area (Å²) in [5.74, 6) is 0. The summed E-state index contributed by atoms with van der Waals surface area (Å²) >= 11 is 8.12. The summed E-state index contributed by atoms with van der Waals surface area (Å²) in [6.07, 6.45) is 0. The Hall–Kier alpha value is -1.90. The highest BCUT2D eigenvalue weighted by molar-refractivity contribution is 7.16. The first-order chi connectivity index (χ1) is 10.2. The largest absolute Gasteiger partial charge is 0.237 e. The average molecular weight is 310 g/mol. The number of hydrogen-bond acceptors (Lipinski definition) is 2. The molecular formula is C18H12ClNS. The molecule has 0 fully saturated rings. The van der Waals surface area contributed by atoms with Crippen LogP contribution in [0.25, 0.3) is 32.2 Å². The van der Waals surface area contributed by atoms with Crippen LogP contribution in [-0.4, -0.2) is 4.98 Å². The van der Waals surface area contributed by atoms with E-state index >= 15 is 0 Å². The van der Waals surface area contributed by atoms with Crippen molar-refractivity contribution < 1.29 is 0 Å². The molecule has 0 aliphatic heterocycles. The maximum absolute atomic E-state index is 6.45. The number of nitrogens with zero attached hydrogens (tertiary/aromatic N) is 1. The molecule has 0 aliphatic carbocycles. The van der Waals surface area contributed by atoms with Crippen LogP contribution in [0, 0.1) is 6.92 Å². The van der Waals surface area contributed by atoms with Gasteiger partial charge in [0.15, 0.2) is 0 Å². The highest BCUT2D eigenvalue weighted by Crippen LogP contribution is 2.39. The minimum absolute atomic E-state index is 0.777. The van der Waals surface area contributed by atoms with E-state index in [1.807, 2.05) is 18.2 Å². The number of halogens is 1. The molecule has 3 heteroatoms. The smallest absolute Gasteiger partial charge is 0.124 e. The molecule has 21 heavy (non-hydrogen) atoms. The molecule has 4 rings (SSSR count). The molecule has 0 spiro atoms. The van der Waals surface area contributed by atoms with E-state index in [4.69, 9.17) is 16.6 Å². The second-order valence-corrected chi connectivity index (χ2v) is 6.43. The summed E-state index contributed by atoms with van der Waals surface area (Å²) in [4.78, 5) is 5.83. The van der Waals surface area contributed by atoms with E-state index in [1.54, 1.807) is 11.3 Å². The number of aromatic nitrogens is 1. The number of pyridine rings is 1. The van der Waals surface area contributed by atoms with Gasteiger partial charge in [-0.2, -0.15) is 0 Å². The number of fused-ring (bicyclic) bond motifs is 2. The van der Waals surface area contributed by atoms with Crippen molar-refractivity contribution in [2.24, 2.45) is 0 Å². The van der Waals surface area contributed by atoms with Crippen LogP contribution in [0.1, 0.15) is 5.56 Å². The molecule has 1 nitrogen and oxygen atoms in total. The lowest BCUT2D eigenvalue weighted by Crippen LogP contribution is -1.88. The first-order valence-electron chi connectivity index (χ1n) is 6.76. The maximum Gasteiger partial charge on any atom is 0.124 e. The fraction of sp³-hybridized carbons (Fsp3) is 0.0556. The zero-order valence-corrected chi connectivity index (χ0v) is 13.0. The van der Waals surface area contributed by atoms with Gasteiger partial charge in [-0.15, -0.1) is 11.3 Å². The Kier molecular flexibility index (Phi) is 2.95. The monoisotopic (exact) mass is 309 g/mol. The number of hydrogen-bond donors (Lipinski definition) is 0. The SMILES string of the molecule is Cc1ccc2nc3sccc3c(-c3ccccc3Cl)c2c1. The molecule has 0 atom stereocenters. The van der Waals surface area contributed by atoms with E-state index in [9.17, 15) is 0 Å². The standard InChI is InChI=1S/C18H12ClNS/c1-11-6-7-16-14(10-11)17(12-4-2-3-5-15(12)19)13-8-9-21-18(13)20-16/h2-10H,1H3. The zero-order chi connectivity index (χ0) is 14.4. The Balaban J connectivity index is 2.24. The number of rotatable bonds is 1. The first kappa shape index (κ1) is 12.8. The quantitative estimate of drug-likeness (QED) is 0.415. The summed E-state index contributed by atoms with van der Waals surface area (Å²) in [6.45, 7) is 2.10. The van der Waals surface area contributed by atoms with Crippen molar-refractivity contribution in [2.75, 3.05) is 0 Å². The van der Waals surface area contributed by atoms with Gasteiger partial charge in [0.05, 0.1) is 5.52 Å². The minimum atomic E-state index is 0.777. The summed E-state index contributed by atoms with van der Waals surface area (Å²) in [5, 5.41) is 5.20. The van der Waals surface area contributed by atoms with Crippen LogP contribution < -0.4 is 0 Å². The van der Waals surface area contributed by atoms with Crippen molar-refractivity contribution in [3.05, 3.63) is 64.5 Å². The molecule has 2 heterocycles. The molecule has 0 N–H and O–H groups in total. The van der Waals surface area contributed by atoms with Crippen LogP contribution in [0.3, 0.4) is 0 Å². The van der Waals surface area contributed by atoms with Gasteiger partial charge in [0.2, 0.25) is 0 Å². The third kappa shape index (κ3) is 2.03. The van der Waals surface area contributed by atoms with Crippen molar-refractivity contribution in [2.45, 2.75) is 6.92 Å². The molecule has 0 unspecified atom stereocenters. The molecule has 2 aromatic heterocycles. The van der Waals surface area contributed by atoms with Crippen molar-refractivity contribution in [1.82, 2.24) is 4.98 Å². The molecule has 102 valence electrons. The molecule has 0 amide bonds. The Labute approximate surface area is 131 Å².